The fourth-order valence-electron chi connectivity index (χ4n) is 3.51. The van der Waals surface area contributed by atoms with Gasteiger partial charge in [0.1, 0.15) is 0 Å². The van der Waals surface area contributed by atoms with Crippen LogP contribution in [0.1, 0.15) is 52.9 Å². The van der Waals surface area contributed by atoms with Gasteiger partial charge < -0.3 is 0 Å². The van der Waals surface area contributed by atoms with E-state index in [1.54, 1.807) is 0 Å². The fourth-order valence-corrected chi connectivity index (χ4v) is 3.51. The van der Waals surface area contributed by atoms with E-state index in [9.17, 15) is 0 Å². The zero-order valence-electron chi connectivity index (χ0n) is 10.5. The smallest absolute Gasteiger partial charge is 0.0168 e. The van der Waals surface area contributed by atoms with Crippen LogP contribution in [0.2, 0.25) is 0 Å². The molecule has 0 aromatic rings. The molecular formula is C15H24. The fraction of sp³-hybridized carbons (Fsp3) is 0.733. The molecule has 0 nitrogen and oxygen atoms in total. The van der Waals surface area contributed by atoms with Crippen LogP contribution in [0.4, 0.5) is 0 Å². The highest BCUT2D eigenvalue weighted by Crippen LogP contribution is 2.58. The molecule has 0 N–H and O–H groups in total. The van der Waals surface area contributed by atoms with E-state index in [1.165, 1.54) is 37.7 Å². The summed E-state index contributed by atoms with van der Waals surface area (Å²) in [5.41, 5.74) is 2.34. The minimum atomic E-state index is 0.515. The first-order valence-corrected chi connectivity index (χ1v) is 6.32. The molecule has 0 saturated heterocycles. The van der Waals surface area contributed by atoms with Crippen molar-refractivity contribution in [3.05, 3.63) is 24.3 Å². The van der Waals surface area contributed by atoms with Crippen molar-refractivity contribution in [1.29, 1.82) is 0 Å². The quantitative estimate of drug-likeness (QED) is 0.579. The molecule has 2 aliphatic carbocycles. The van der Waals surface area contributed by atoms with Crippen molar-refractivity contribution in [2.75, 3.05) is 0 Å². The summed E-state index contributed by atoms with van der Waals surface area (Å²) in [6.45, 7) is 11.5. The Hall–Kier alpha value is -0.520. The van der Waals surface area contributed by atoms with Crippen molar-refractivity contribution < 1.29 is 0 Å². The Morgan fingerprint density at radius 2 is 2.00 bits per heavy atom. The lowest BCUT2D eigenvalue weighted by molar-refractivity contribution is 0.0726. The first-order chi connectivity index (χ1) is 6.96. The van der Waals surface area contributed by atoms with E-state index in [1.807, 2.05) is 0 Å². The first-order valence-electron chi connectivity index (χ1n) is 6.32. The van der Waals surface area contributed by atoms with Gasteiger partial charge in [-0.05, 0) is 42.4 Å². The average molecular weight is 204 g/mol. The molecule has 84 valence electrons. The SMILES string of the molecule is C=C1C=CC(C2(C)CCCC2(C)C)CC1. The molecule has 1 fully saturated rings. The molecule has 0 amide bonds. The highest BCUT2D eigenvalue weighted by atomic mass is 14.5. The first kappa shape index (κ1) is 11.0. The van der Waals surface area contributed by atoms with E-state index < -0.39 is 0 Å². The van der Waals surface area contributed by atoms with Crippen molar-refractivity contribution >= 4 is 0 Å². The van der Waals surface area contributed by atoms with Gasteiger partial charge in [-0.1, -0.05) is 51.5 Å². The lowest BCUT2D eigenvalue weighted by Gasteiger charge is -2.45. The molecule has 1 saturated carbocycles. The van der Waals surface area contributed by atoms with Gasteiger partial charge in [0, 0.05) is 0 Å². The topological polar surface area (TPSA) is 0 Å². The third-order valence-electron chi connectivity index (χ3n) is 5.20. The largest absolute Gasteiger partial charge is 0.0958 e. The van der Waals surface area contributed by atoms with Crippen molar-refractivity contribution in [2.24, 2.45) is 16.7 Å². The maximum atomic E-state index is 4.05. The van der Waals surface area contributed by atoms with Crippen molar-refractivity contribution in [1.82, 2.24) is 0 Å². The summed E-state index contributed by atoms with van der Waals surface area (Å²) in [6.07, 6.45) is 11.4. The van der Waals surface area contributed by atoms with Gasteiger partial charge in [0.2, 0.25) is 0 Å². The number of hydrogen-bond acceptors (Lipinski definition) is 0. The average Bonchev–Trinajstić information content (AvgIpc) is 2.43. The van der Waals surface area contributed by atoms with Crippen molar-refractivity contribution in [2.45, 2.75) is 52.9 Å². The van der Waals surface area contributed by atoms with Gasteiger partial charge in [-0.25, -0.2) is 0 Å². The van der Waals surface area contributed by atoms with Crippen LogP contribution in [0.15, 0.2) is 24.3 Å². The zero-order chi connectivity index (χ0) is 11.1. The molecule has 2 unspecified atom stereocenters. The maximum absolute atomic E-state index is 4.05. The van der Waals surface area contributed by atoms with Crippen LogP contribution in [0, 0.1) is 16.7 Å². The maximum Gasteiger partial charge on any atom is -0.0168 e. The van der Waals surface area contributed by atoms with Crippen LogP contribution in [0.5, 0.6) is 0 Å². The summed E-state index contributed by atoms with van der Waals surface area (Å²) >= 11 is 0. The summed E-state index contributed by atoms with van der Waals surface area (Å²) < 4.78 is 0. The summed E-state index contributed by atoms with van der Waals surface area (Å²) in [4.78, 5) is 0. The minimum absolute atomic E-state index is 0.515. The normalized spacial score (nSPS) is 39.7. The monoisotopic (exact) mass is 204 g/mol. The third kappa shape index (κ3) is 1.68. The molecule has 2 rings (SSSR count). The Labute approximate surface area is 94.5 Å². The molecule has 0 aromatic heterocycles. The second-order valence-corrected chi connectivity index (χ2v) is 6.32. The Morgan fingerprint density at radius 1 is 1.27 bits per heavy atom. The van der Waals surface area contributed by atoms with Gasteiger partial charge in [0.15, 0.2) is 0 Å². The van der Waals surface area contributed by atoms with Crippen molar-refractivity contribution in [3.63, 3.8) is 0 Å². The summed E-state index contributed by atoms with van der Waals surface area (Å²) in [5.74, 6) is 0.778. The predicted molar refractivity (Wildman–Crippen MR) is 66.7 cm³/mol. The van der Waals surface area contributed by atoms with Gasteiger partial charge in [0.25, 0.3) is 0 Å². The highest BCUT2D eigenvalue weighted by Gasteiger charge is 2.48. The van der Waals surface area contributed by atoms with Gasteiger partial charge in [0.05, 0.1) is 0 Å². The number of allylic oxidation sites excluding steroid dienone is 3. The zero-order valence-corrected chi connectivity index (χ0v) is 10.5. The Kier molecular flexibility index (Phi) is 2.56. The van der Waals surface area contributed by atoms with Crippen LogP contribution >= 0.6 is 0 Å². The van der Waals surface area contributed by atoms with Crippen molar-refractivity contribution in [3.8, 4) is 0 Å². The van der Waals surface area contributed by atoms with Gasteiger partial charge in [-0.15, -0.1) is 0 Å². The second kappa shape index (κ2) is 3.50. The van der Waals surface area contributed by atoms with Crippen LogP contribution < -0.4 is 0 Å². The van der Waals surface area contributed by atoms with Crippen LogP contribution in [-0.4, -0.2) is 0 Å². The molecule has 0 heterocycles. The number of hydrogen-bond donors (Lipinski definition) is 0. The van der Waals surface area contributed by atoms with Gasteiger partial charge >= 0.3 is 0 Å². The van der Waals surface area contributed by atoms with Crippen LogP contribution in [-0.2, 0) is 0 Å². The van der Waals surface area contributed by atoms with E-state index in [-0.39, 0.29) is 0 Å². The standard InChI is InChI=1S/C15H24/c1-12-6-8-13(9-7-12)15(4)11-5-10-14(15,2)3/h6,8,13H,1,5,7,9-11H2,2-4H3. The molecule has 0 heteroatoms. The van der Waals surface area contributed by atoms with E-state index in [4.69, 9.17) is 0 Å². The van der Waals surface area contributed by atoms with Gasteiger partial charge in [-0.3, -0.25) is 0 Å². The summed E-state index contributed by atoms with van der Waals surface area (Å²) in [7, 11) is 0. The minimum Gasteiger partial charge on any atom is -0.0958 e. The molecule has 2 aliphatic rings. The summed E-state index contributed by atoms with van der Waals surface area (Å²) in [5, 5.41) is 0. The van der Waals surface area contributed by atoms with Crippen LogP contribution in [0.25, 0.3) is 0 Å². The highest BCUT2D eigenvalue weighted by molar-refractivity contribution is 5.21. The number of rotatable bonds is 1. The molecule has 0 radical (unpaired) electrons. The Balaban J connectivity index is 2.23. The molecule has 15 heavy (non-hydrogen) atoms. The molecule has 0 aromatic carbocycles. The van der Waals surface area contributed by atoms with E-state index in [0.717, 1.165) is 5.92 Å². The lowest BCUT2D eigenvalue weighted by atomic mass is 9.60. The van der Waals surface area contributed by atoms with Crippen LogP contribution in [0.3, 0.4) is 0 Å². The molecule has 0 bridgehead atoms. The third-order valence-corrected chi connectivity index (χ3v) is 5.20. The van der Waals surface area contributed by atoms with E-state index in [2.05, 4.69) is 39.5 Å². The predicted octanol–water partition coefficient (Wildman–Crippen LogP) is 4.73. The Bertz CT molecular complexity index is 295. The molecule has 0 spiro atoms. The second-order valence-electron chi connectivity index (χ2n) is 6.32. The van der Waals surface area contributed by atoms with E-state index in [0.29, 0.717) is 10.8 Å². The van der Waals surface area contributed by atoms with E-state index >= 15 is 0 Å². The lowest BCUT2D eigenvalue weighted by Crippen LogP contribution is -2.37. The summed E-state index contributed by atoms with van der Waals surface area (Å²) in [6, 6.07) is 0. The molecule has 2 atom stereocenters. The molecule has 0 aliphatic heterocycles. The molecular weight excluding hydrogens is 180 g/mol. The van der Waals surface area contributed by atoms with Gasteiger partial charge in [-0.2, -0.15) is 0 Å². The Morgan fingerprint density at radius 3 is 2.47 bits per heavy atom.